The first kappa shape index (κ1) is 18.6. The van der Waals surface area contributed by atoms with Crippen LogP contribution in [0.5, 0.6) is 0 Å². The number of carbonyl (C=O) groups is 2. The summed E-state index contributed by atoms with van der Waals surface area (Å²) in [4.78, 5) is 31.0. The van der Waals surface area contributed by atoms with Gasteiger partial charge in [0.05, 0.1) is 11.1 Å². The molecule has 29 heavy (non-hydrogen) atoms. The number of carbonyl (C=O) groups excluding carboxylic acids is 2. The molecule has 1 aromatic carbocycles. The lowest BCUT2D eigenvalue weighted by Crippen LogP contribution is -2.43. The van der Waals surface area contributed by atoms with E-state index in [9.17, 15) is 9.59 Å². The second-order valence-electron chi connectivity index (χ2n) is 7.13. The molecule has 0 aliphatic carbocycles. The molecule has 0 radical (unpaired) electrons. The van der Waals surface area contributed by atoms with E-state index in [2.05, 4.69) is 20.5 Å². The maximum absolute atomic E-state index is 12.7. The first-order valence-electron chi connectivity index (χ1n) is 9.52. The second-order valence-corrected chi connectivity index (χ2v) is 7.13. The Morgan fingerprint density at radius 2 is 2.14 bits per heavy atom. The fraction of sp³-hybridized carbons (Fsp3) is 0.286. The molecule has 2 N–H and O–H groups in total. The van der Waals surface area contributed by atoms with E-state index in [1.165, 1.54) is 6.20 Å². The molecule has 146 valence electrons. The van der Waals surface area contributed by atoms with Crippen LogP contribution in [0.2, 0.25) is 0 Å². The average molecular weight is 388 g/mol. The van der Waals surface area contributed by atoms with Gasteiger partial charge in [-0.25, -0.2) is 4.98 Å². The number of nitrogens with one attached hydrogen (secondary N) is 2. The van der Waals surface area contributed by atoms with Crippen LogP contribution in [-0.2, 0) is 0 Å². The minimum atomic E-state index is -0.220. The zero-order chi connectivity index (χ0) is 20.2. The number of nitrogens with zero attached hydrogens (tertiary/aromatic N) is 4. The van der Waals surface area contributed by atoms with Gasteiger partial charge in [-0.05, 0) is 37.0 Å². The van der Waals surface area contributed by atoms with Crippen molar-refractivity contribution in [1.82, 2.24) is 25.4 Å². The van der Waals surface area contributed by atoms with Crippen molar-refractivity contribution in [2.75, 3.05) is 19.6 Å². The van der Waals surface area contributed by atoms with Gasteiger partial charge in [-0.15, -0.1) is 0 Å². The number of fused-ring (bicyclic) bond motifs is 1. The molecule has 0 spiro atoms. The Bertz CT molecular complexity index is 1080. The molecule has 2 aromatic heterocycles. The van der Waals surface area contributed by atoms with E-state index in [0.717, 1.165) is 23.7 Å². The van der Waals surface area contributed by atoms with Crippen molar-refractivity contribution in [1.29, 1.82) is 5.26 Å². The van der Waals surface area contributed by atoms with E-state index in [1.807, 2.05) is 30.3 Å². The highest BCUT2D eigenvalue weighted by molar-refractivity contribution is 6.04. The number of likely N-dealkylation sites (tertiary alicyclic amines) is 1. The fourth-order valence-electron chi connectivity index (χ4n) is 3.64. The Kier molecular flexibility index (Phi) is 5.20. The van der Waals surface area contributed by atoms with Gasteiger partial charge < -0.3 is 10.2 Å². The van der Waals surface area contributed by atoms with E-state index in [4.69, 9.17) is 5.26 Å². The van der Waals surface area contributed by atoms with Gasteiger partial charge in [0, 0.05) is 31.2 Å². The highest BCUT2D eigenvalue weighted by Crippen LogP contribution is 2.19. The summed E-state index contributed by atoms with van der Waals surface area (Å²) in [5.41, 5.74) is 1.96. The Morgan fingerprint density at radius 1 is 1.28 bits per heavy atom. The summed E-state index contributed by atoms with van der Waals surface area (Å²) in [6.45, 7) is 1.73. The standard InChI is InChI=1S/C21H20N6O2/c22-10-16-8-7-15(12-23-16)21(29)27-9-3-4-14(13-27)11-24-20(28)19-17-5-1-2-6-18(17)25-26-19/h1-2,5-8,12,14H,3-4,9,11,13H2,(H,24,28)(H,25,26). The zero-order valence-corrected chi connectivity index (χ0v) is 15.8. The first-order chi connectivity index (χ1) is 14.2. The predicted molar refractivity (Wildman–Crippen MR) is 106 cm³/mol. The van der Waals surface area contributed by atoms with Gasteiger partial charge in [0.1, 0.15) is 11.8 Å². The van der Waals surface area contributed by atoms with Gasteiger partial charge in [0.2, 0.25) is 0 Å². The Balaban J connectivity index is 1.36. The second kappa shape index (κ2) is 8.10. The van der Waals surface area contributed by atoms with Gasteiger partial charge in [0.15, 0.2) is 5.69 Å². The molecule has 3 heterocycles. The first-order valence-corrected chi connectivity index (χ1v) is 9.52. The summed E-state index contributed by atoms with van der Waals surface area (Å²) in [6, 6.07) is 12.6. The minimum absolute atomic E-state index is 0.101. The molecular weight excluding hydrogens is 368 g/mol. The number of pyridine rings is 1. The summed E-state index contributed by atoms with van der Waals surface area (Å²) in [5, 5.41) is 19.6. The van der Waals surface area contributed by atoms with Crippen LogP contribution < -0.4 is 5.32 Å². The maximum Gasteiger partial charge on any atom is 0.272 e. The molecule has 1 aliphatic rings. The van der Waals surface area contributed by atoms with Crippen LogP contribution >= 0.6 is 0 Å². The summed E-state index contributed by atoms with van der Waals surface area (Å²) in [7, 11) is 0. The molecule has 0 bridgehead atoms. The van der Waals surface area contributed by atoms with Gasteiger partial charge in [-0.2, -0.15) is 10.4 Å². The molecule has 3 aromatic rings. The van der Waals surface area contributed by atoms with Crippen LogP contribution in [0.15, 0.2) is 42.6 Å². The number of piperidine rings is 1. The summed E-state index contributed by atoms with van der Waals surface area (Å²) in [6.07, 6.45) is 3.26. The van der Waals surface area contributed by atoms with Gasteiger partial charge >= 0.3 is 0 Å². The molecule has 2 amide bonds. The summed E-state index contributed by atoms with van der Waals surface area (Å²) >= 11 is 0. The lowest BCUT2D eigenvalue weighted by Gasteiger charge is -2.32. The molecule has 1 fully saturated rings. The largest absolute Gasteiger partial charge is 0.350 e. The third-order valence-electron chi connectivity index (χ3n) is 5.17. The number of nitriles is 1. The molecule has 8 heteroatoms. The van der Waals surface area contributed by atoms with Crippen LogP contribution in [0.25, 0.3) is 10.9 Å². The van der Waals surface area contributed by atoms with Crippen LogP contribution in [-0.4, -0.2) is 51.5 Å². The maximum atomic E-state index is 12.7. The quantitative estimate of drug-likeness (QED) is 0.710. The molecule has 8 nitrogen and oxygen atoms in total. The lowest BCUT2D eigenvalue weighted by molar-refractivity contribution is 0.0670. The zero-order valence-electron chi connectivity index (χ0n) is 15.8. The molecule has 1 atom stereocenters. The third kappa shape index (κ3) is 3.94. The van der Waals surface area contributed by atoms with Crippen LogP contribution in [0, 0.1) is 17.2 Å². The van der Waals surface area contributed by atoms with Crippen molar-refractivity contribution in [2.24, 2.45) is 5.92 Å². The van der Waals surface area contributed by atoms with E-state index in [-0.39, 0.29) is 23.4 Å². The summed E-state index contributed by atoms with van der Waals surface area (Å²) in [5.74, 6) is -0.147. The number of H-pyrrole nitrogens is 1. The molecule has 0 saturated carbocycles. The van der Waals surface area contributed by atoms with Gasteiger partial charge in [-0.1, -0.05) is 18.2 Å². The number of rotatable bonds is 4. The van der Waals surface area contributed by atoms with E-state index >= 15 is 0 Å². The number of benzene rings is 1. The minimum Gasteiger partial charge on any atom is -0.350 e. The average Bonchev–Trinajstić information content (AvgIpc) is 3.21. The van der Waals surface area contributed by atoms with Crippen molar-refractivity contribution >= 4 is 22.7 Å². The topological polar surface area (TPSA) is 115 Å². The number of aromatic nitrogens is 3. The molecule has 1 unspecified atom stereocenters. The molecule has 4 rings (SSSR count). The predicted octanol–water partition coefficient (Wildman–Crippen LogP) is 2.11. The smallest absolute Gasteiger partial charge is 0.272 e. The lowest BCUT2D eigenvalue weighted by atomic mass is 9.97. The number of para-hydroxylation sites is 1. The summed E-state index contributed by atoms with van der Waals surface area (Å²) < 4.78 is 0. The number of hydrogen-bond acceptors (Lipinski definition) is 5. The molecule has 1 saturated heterocycles. The highest BCUT2D eigenvalue weighted by atomic mass is 16.2. The Morgan fingerprint density at radius 3 is 2.93 bits per heavy atom. The highest BCUT2D eigenvalue weighted by Gasteiger charge is 2.25. The van der Waals surface area contributed by atoms with Crippen LogP contribution in [0.3, 0.4) is 0 Å². The van der Waals surface area contributed by atoms with Crippen molar-refractivity contribution in [3.8, 4) is 6.07 Å². The van der Waals surface area contributed by atoms with E-state index in [0.29, 0.717) is 30.9 Å². The van der Waals surface area contributed by atoms with E-state index in [1.54, 1.807) is 17.0 Å². The van der Waals surface area contributed by atoms with Gasteiger partial charge in [-0.3, -0.25) is 14.7 Å². The van der Waals surface area contributed by atoms with Crippen molar-refractivity contribution in [3.05, 3.63) is 59.5 Å². The SMILES string of the molecule is N#Cc1ccc(C(=O)N2CCCC(CNC(=O)c3n[nH]c4ccccc34)C2)cn1. The van der Waals surface area contributed by atoms with Crippen molar-refractivity contribution in [3.63, 3.8) is 0 Å². The van der Waals surface area contributed by atoms with Crippen molar-refractivity contribution in [2.45, 2.75) is 12.8 Å². The van der Waals surface area contributed by atoms with E-state index < -0.39 is 0 Å². The monoisotopic (exact) mass is 388 g/mol. The number of aromatic amines is 1. The molecule has 1 aliphatic heterocycles. The third-order valence-corrected chi connectivity index (χ3v) is 5.17. The molecular formula is C21H20N6O2. The number of amides is 2. The van der Waals surface area contributed by atoms with Gasteiger partial charge in [0.25, 0.3) is 11.8 Å². The van der Waals surface area contributed by atoms with Crippen molar-refractivity contribution < 1.29 is 9.59 Å². The Hall–Kier alpha value is -3.73. The van der Waals surface area contributed by atoms with Crippen LogP contribution in [0.4, 0.5) is 0 Å². The normalized spacial score (nSPS) is 16.4. The van der Waals surface area contributed by atoms with Crippen LogP contribution in [0.1, 0.15) is 39.4 Å². The Labute approximate surface area is 167 Å². The number of hydrogen-bond donors (Lipinski definition) is 2. The fourth-order valence-corrected chi connectivity index (χ4v) is 3.64.